The molecule has 19 heavy (non-hydrogen) atoms. The first kappa shape index (κ1) is 14.4. The third kappa shape index (κ3) is 2.94. The van der Waals surface area contributed by atoms with Crippen molar-refractivity contribution in [2.24, 2.45) is 5.92 Å². The van der Waals surface area contributed by atoms with Crippen LogP contribution in [-0.4, -0.2) is 28.0 Å². The van der Waals surface area contributed by atoms with Gasteiger partial charge in [-0.1, -0.05) is 6.92 Å². The molecule has 0 bridgehead atoms. The van der Waals surface area contributed by atoms with Gasteiger partial charge in [0, 0.05) is 36.4 Å². The van der Waals surface area contributed by atoms with Gasteiger partial charge in [0.25, 0.3) is 5.56 Å². The number of halogens is 1. The van der Waals surface area contributed by atoms with Crippen LogP contribution in [0.25, 0.3) is 0 Å². The summed E-state index contributed by atoms with van der Waals surface area (Å²) in [6.07, 6.45) is 4.36. The lowest BCUT2D eigenvalue weighted by Gasteiger charge is -2.35. The van der Waals surface area contributed by atoms with Gasteiger partial charge in [-0.25, -0.2) is 4.98 Å². The van der Waals surface area contributed by atoms with Gasteiger partial charge in [-0.15, -0.1) is 11.6 Å². The van der Waals surface area contributed by atoms with Crippen LogP contribution < -0.4 is 10.5 Å². The Morgan fingerprint density at radius 3 is 2.68 bits per heavy atom. The molecule has 1 aromatic heterocycles. The zero-order valence-corrected chi connectivity index (χ0v) is 12.8. The SMILES string of the molecule is CC1CN(c2nccn(C(C)(C)C)c2=O)CCC1Cl. The Morgan fingerprint density at radius 2 is 2.11 bits per heavy atom. The van der Waals surface area contributed by atoms with E-state index < -0.39 is 0 Å². The van der Waals surface area contributed by atoms with E-state index >= 15 is 0 Å². The molecule has 2 rings (SSSR count). The highest BCUT2D eigenvalue weighted by molar-refractivity contribution is 6.20. The molecular formula is C14H22ClN3O. The van der Waals surface area contributed by atoms with Gasteiger partial charge in [0.15, 0.2) is 5.82 Å². The largest absolute Gasteiger partial charge is 0.352 e. The molecule has 0 aromatic carbocycles. The van der Waals surface area contributed by atoms with Crippen molar-refractivity contribution in [2.45, 2.75) is 45.0 Å². The van der Waals surface area contributed by atoms with Crippen LogP contribution in [0.3, 0.4) is 0 Å². The van der Waals surface area contributed by atoms with Crippen molar-refractivity contribution in [1.82, 2.24) is 9.55 Å². The summed E-state index contributed by atoms with van der Waals surface area (Å²) in [6.45, 7) is 9.78. The molecule has 2 atom stereocenters. The predicted octanol–water partition coefficient (Wildman–Crippen LogP) is 2.45. The van der Waals surface area contributed by atoms with Gasteiger partial charge in [-0.2, -0.15) is 0 Å². The molecule has 1 saturated heterocycles. The molecule has 4 nitrogen and oxygen atoms in total. The summed E-state index contributed by atoms with van der Waals surface area (Å²) in [5.41, 5.74) is -0.249. The number of hydrogen-bond donors (Lipinski definition) is 0. The predicted molar refractivity (Wildman–Crippen MR) is 79.1 cm³/mol. The first-order chi connectivity index (χ1) is 8.80. The highest BCUT2D eigenvalue weighted by Crippen LogP contribution is 2.24. The smallest absolute Gasteiger partial charge is 0.293 e. The minimum atomic E-state index is -0.231. The molecule has 0 spiro atoms. The van der Waals surface area contributed by atoms with Crippen LogP contribution in [-0.2, 0) is 5.54 Å². The molecule has 0 N–H and O–H groups in total. The number of anilines is 1. The van der Waals surface area contributed by atoms with Gasteiger partial charge in [0.2, 0.25) is 0 Å². The Balaban J connectivity index is 2.34. The van der Waals surface area contributed by atoms with E-state index in [1.165, 1.54) is 0 Å². The molecule has 5 heteroatoms. The molecule has 0 radical (unpaired) electrons. The van der Waals surface area contributed by atoms with E-state index in [0.29, 0.717) is 11.7 Å². The molecule has 1 aliphatic rings. The molecule has 106 valence electrons. The maximum Gasteiger partial charge on any atom is 0.293 e. The first-order valence-electron chi connectivity index (χ1n) is 6.78. The van der Waals surface area contributed by atoms with Gasteiger partial charge in [-0.05, 0) is 33.1 Å². The summed E-state index contributed by atoms with van der Waals surface area (Å²) < 4.78 is 1.74. The van der Waals surface area contributed by atoms with E-state index in [0.717, 1.165) is 19.5 Å². The summed E-state index contributed by atoms with van der Waals surface area (Å²) in [5.74, 6) is 0.924. The molecule has 0 amide bonds. The number of nitrogens with zero attached hydrogens (tertiary/aromatic N) is 3. The molecule has 0 saturated carbocycles. The van der Waals surface area contributed by atoms with Gasteiger partial charge in [0.05, 0.1) is 0 Å². The summed E-state index contributed by atoms with van der Waals surface area (Å²) in [7, 11) is 0. The lowest BCUT2D eigenvalue weighted by molar-refractivity contribution is 0.380. The maximum atomic E-state index is 12.5. The fourth-order valence-corrected chi connectivity index (χ4v) is 2.63. The standard InChI is InChI=1S/C14H22ClN3O/c1-10-9-17(7-5-11(10)15)12-13(19)18(8-6-16-12)14(2,3)4/h6,8,10-11H,5,7,9H2,1-4H3. The minimum Gasteiger partial charge on any atom is -0.352 e. The summed E-state index contributed by atoms with van der Waals surface area (Å²) in [6, 6.07) is 0. The number of aromatic nitrogens is 2. The number of hydrogen-bond acceptors (Lipinski definition) is 3. The zero-order chi connectivity index (χ0) is 14.2. The average Bonchev–Trinajstić information content (AvgIpc) is 2.32. The van der Waals surface area contributed by atoms with Crippen molar-refractivity contribution >= 4 is 17.4 Å². The minimum absolute atomic E-state index is 0.0183. The van der Waals surface area contributed by atoms with E-state index in [4.69, 9.17) is 11.6 Å². The lowest BCUT2D eigenvalue weighted by atomic mass is 10.00. The Labute approximate surface area is 119 Å². The number of rotatable bonds is 1. The third-order valence-electron chi connectivity index (χ3n) is 3.65. The summed E-state index contributed by atoms with van der Waals surface area (Å²) >= 11 is 6.23. The second-order valence-corrected chi connectivity index (χ2v) is 6.89. The quantitative estimate of drug-likeness (QED) is 0.743. The van der Waals surface area contributed by atoms with Gasteiger partial charge < -0.3 is 9.47 Å². The monoisotopic (exact) mass is 283 g/mol. The van der Waals surface area contributed by atoms with Crippen molar-refractivity contribution in [3.05, 3.63) is 22.7 Å². The van der Waals surface area contributed by atoms with E-state index in [-0.39, 0.29) is 16.5 Å². The number of piperidine rings is 1. The van der Waals surface area contributed by atoms with Crippen LogP contribution in [0.15, 0.2) is 17.2 Å². The Hall–Kier alpha value is -1.03. The molecule has 2 heterocycles. The molecule has 1 aliphatic heterocycles. The Morgan fingerprint density at radius 1 is 1.42 bits per heavy atom. The summed E-state index contributed by atoms with van der Waals surface area (Å²) in [4.78, 5) is 18.9. The van der Waals surface area contributed by atoms with E-state index in [2.05, 4.69) is 16.8 Å². The highest BCUT2D eigenvalue weighted by Gasteiger charge is 2.27. The molecular weight excluding hydrogens is 262 g/mol. The van der Waals surface area contributed by atoms with Crippen molar-refractivity contribution < 1.29 is 0 Å². The fraction of sp³-hybridized carbons (Fsp3) is 0.714. The van der Waals surface area contributed by atoms with E-state index in [1.807, 2.05) is 20.8 Å². The van der Waals surface area contributed by atoms with Crippen LogP contribution in [0.1, 0.15) is 34.1 Å². The van der Waals surface area contributed by atoms with E-state index in [9.17, 15) is 4.79 Å². The van der Waals surface area contributed by atoms with Crippen molar-refractivity contribution in [3.63, 3.8) is 0 Å². The third-order valence-corrected chi connectivity index (χ3v) is 4.29. The lowest BCUT2D eigenvalue weighted by Crippen LogP contribution is -2.45. The van der Waals surface area contributed by atoms with Crippen molar-refractivity contribution in [1.29, 1.82) is 0 Å². The van der Waals surface area contributed by atoms with Crippen molar-refractivity contribution in [3.8, 4) is 0 Å². The highest BCUT2D eigenvalue weighted by atomic mass is 35.5. The zero-order valence-electron chi connectivity index (χ0n) is 12.1. The molecule has 2 unspecified atom stereocenters. The number of alkyl halides is 1. The van der Waals surface area contributed by atoms with Gasteiger partial charge in [-0.3, -0.25) is 4.79 Å². The second kappa shape index (κ2) is 5.16. The molecule has 1 aromatic rings. The van der Waals surface area contributed by atoms with Crippen LogP contribution in [0.4, 0.5) is 5.82 Å². The van der Waals surface area contributed by atoms with Crippen molar-refractivity contribution in [2.75, 3.05) is 18.0 Å². The second-order valence-electron chi connectivity index (χ2n) is 6.32. The Kier molecular flexibility index (Phi) is 3.90. The van der Waals surface area contributed by atoms with Crippen LogP contribution in [0, 0.1) is 5.92 Å². The van der Waals surface area contributed by atoms with Crippen LogP contribution in [0.5, 0.6) is 0 Å². The fourth-order valence-electron chi connectivity index (χ4n) is 2.46. The topological polar surface area (TPSA) is 38.1 Å². The van der Waals surface area contributed by atoms with Crippen LogP contribution >= 0.6 is 11.6 Å². The first-order valence-corrected chi connectivity index (χ1v) is 7.21. The van der Waals surface area contributed by atoms with Crippen LogP contribution in [0.2, 0.25) is 0 Å². The van der Waals surface area contributed by atoms with Gasteiger partial charge in [0.1, 0.15) is 0 Å². The summed E-state index contributed by atoms with van der Waals surface area (Å²) in [5, 5.41) is 0.199. The molecule has 0 aliphatic carbocycles. The molecule has 1 fully saturated rings. The van der Waals surface area contributed by atoms with Gasteiger partial charge >= 0.3 is 0 Å². The normalized spacial score (nSPS) is 24.6. The Bertz CT molecular complexity index is 506. The average molecular weight is 284 g/mol. The van der Waals surface area contributed by atoms with E-state index in [1.54, 1.807) is 17.0 Å². The maximum absolute atomic E-state index is 12.5.